The number of morpholine rings is 1. The molecule has 1 saturated heterocycles. The molecular weight excluding hydrogens is 516 g/mol. The number of rotatable bonds is 7. The van der Waals surface area contributed by atoms with E-state index in [0.717, 1.165) is 24.2 Å². The van der Waals surface area contributed by atoms with Crippen molar-refractivity contribution in [2.24, 2.45) is 4.99 Å². The minimum Gasteiger partial charge on any atom is -0.379 e. The van der Waals surface area contributed by atoms with E-state index in [2.05, 4.69) is 20.5 Å². The van der Waals surface area contributed by atoms with E-state index >= 15 is 0 Å². The van der Waals surface area contributed by atoms with Crippen LogP contribution in [0.15, 0.2) is 53.5 Å². The number of hydrogen-bond acceptors (Lipinski definition) is 5. The molecule has 168 valence electrons. The number of nitro benzene ring substituents is 1. The number of aliphatic imine (C=N–C) groups is 1. The second-order valence-electron chi connectivity index (χ2n) is 6.95. The Hall–Kier alpha value is -2.31. The molecule has 0 bridgehead atoms. The van der Waals surface area contributed by atoms with Crippen molar-refractivity contribution >= 4 is 35.6 Å². The lowest BCUT2D eigenvalue weighted by atomic mass is 10.0. The standard InChI is InChI=1S/C21H26FN5O3.HI/c1-23-21(24-14-16-3-2-4-19(13-16)27(28)29)25-15-20(26-9-11-30-12-10-26)17-5-7-18(22)8-6-17;/h2-8,13,20H,9-12,14-15H2,1H3,(H2,23,24,25);1H. The number of ether oxygens (including phenoxy) is 1. The molecule has 10 heteroatoms. The van der Waals surface area contributed by atoms with Crippen molar-refractivity contribution in [2.45, 2.75) is 12.6 Å². The van der Waals surface area contributed by atoms with E-state index in [0.29, 0.717) is 32.3 Å². The van der Waals surface area contributed by atoms with Crippen LogP contribution in [0.2, 0.25) is 0 Å². The zero-order valence-electron chi connectivity index (χ0n) is 17.3. The van der Waals surface area contributed by atoms with Gasteiger partial charge >= 0.3 is 0 Å². The van der Waals surface area contributed by atoms with E-state index in [1.807, 2.05) is 6.07 Å². The van der Waals surface area contributed by atoms with Crippen LogP contribution in [-0.4, -0.2) is 55.7 Å². The van der Waals surface area contributed by atoms with Crippen LogP contribution in [0.25, 0.3) is 0 Å². The van der Waals surface area contributed by atoms with Gasteiger partial charge in [0.05, 0.1) is 24.2 Å². The quantitative estimate of drug-likeness (QED) is 0.184. The highest BCUT2D eigenvalue weighted by molar-refractivity contribution is 14.0. The Kier molecular flexibility index (Phi) is 10.1. The fraction of sp³-hybridized carbons (Fsp3) is 0.381. The Balaban J connectivity index is 0.00000341. The molecule has 1 unspecified atom stereocenters. The predicted octanol–water partition coefficient (Wildman–Crippen LogP) is 3.09. The molecule has 31 heavy (non-hydrogen) atoms. The highest BCUT2D eigenvalue weighted by Crippen LogP contribution is 2.21. The minimum atomic E-state index is -0.411. The van der Waals surface area contributed by atoms with E-state index in [1.54, 1.807) is 25.2 Å². The molecule has 2 N–H and O–H groups in total. The van der Waals surface area contributed by atoms with Crippen molar-refractivity contribution in [3.05, 3.63) is 75.6 Å². The molecule has 1 fully saturated rings. The summed E-state index contributed by atoms with van der Waals surface area (Å²) in [5, 5.41) is 17.4. The monoisotopic (exact) mass is 543 g/mol. The summed E-state index contributed by atoms with van der Waals surface area (Å²) in [6, 6.07) is 13.1. The van der Waals surface area contributed by atoms with Crippen LogP contribution in [0, 0.1) is 15.9 Å². The Morgan fingerprint density at radius 2 is 1.94 bits per heavy atom. The molecule has 0 aliphatic carbocycles. The SMILES string of the molecule is CN=C(NCc1cccc([N+](=O)[O-])c1)NCC(c1ccc(F)cc1)N1CCOCC1.I. The molecule has 0 amide bonds. The minimum absolute atomic E-state index is 0. The van der Waals surface area contributed by atoms with Crippen LogP contribution in [0.4, 0.5) is 10.1 Å². The molecule has 1 atom stereocenters. The lowest BCUT2D eigenvalue weighted by Gasteiger charge is -2.35. The summed E-state index contributed by atoms with van der Waals surface area (Å²) in [6.07, 6.45) is 0. The normalized spacial score (nSPS) is 15.6. The predicted molar refractivity (Wildman–Crippen MR) is 128 cm³/mol. The third-order valence-electron chi connectivity index (χ3n) is 5.01. The van der Waals surface area contributed by atoms with Crippen molar-refractivity contribution in [2.75, 3.05) is 39.9 Å². The molecule has 8 nitrogen and oxygen atoms in total. The molecule has 2 aromatic rings. The average molecular weight is 543 g/mol. The van der Waals surface area contributed by atoms with Gasteiger partial charge in [0.15, 0.2) is 5.96 Å². The molecule has 0 aromatic heterocycles. The smallest absolute Gasteiger partial charge is 0.269 e. The summed E-state index contributed by atoms with van der Waals surface area (Å²) in [5.41, 5.74) is 1.86. The van der Waals surface area contributed by atoms with Crippen molar-refractivity contribution in [3.63, 3.8) is 0 Å². The first-order valence-corrected chi connectivity index (χ1v) is 9.82. The summed E-state index contributed by atoms with van der Waals surface area (Å²) in [6.45, 7) is 3.89. The number of halogens is 2. The van der Waals surface area contributed by atoms with Gasteiger partial charge in [-0.05, 0) is 23.3 Å². The Bertz CT molecular complexity index is 876. The van der Waals surface area contributed by atoms with Crippen molar-refractivity contribution in [1.82, 2.24) is 15.5 Å². The van der Waals surface area contributed by atoms with E-state index in [-0.39, 0.29) is 41.5 Å². The summed E-state index contributed by atoms with van der Waals surface area (Å²) >= 11 is 0. The van der Waals surface area contributed by atoms with Gasteiger partial charge in [0, 0.05) is 45.4 Å². The van der Waals surface area contributed by atoms with Crippen LogP contribution in [0.1, 0.15) is 17.2 Å². The fourth-order valence-corrected chi connectivity index (χ4v) is 3.41. The van der Waals surface area contributed by atoms with Gasteiger partial charge in [0.25, 0.3) is 5.69 Å². The van der Waals surface area contributed by atoms with E-state index in [1.165, 1.54) is 24.3 Å². The van der Waals surface area contributed by atoms with Gasteiger partial charge in [-0.1, -0.05) is 24.3 Å². The number of nitrogens with one attached hydrogen (secondary N) is 2. The van der Waals surface area contributed by atoms with Gasteiger partial charge in [-0.25, -0.2) is 4.39 Å². The molecule has 0 spiro atoms. The second kappa shape index (κ2) is 12.5. The zero-order valence-corrected chi connectivity index (χ0v) is 19.6. The number of nitrogens with zero attached hydrogens (tertiary/aromatic N) is 3. The Morgan fingerprint density at radius 3 is 2.58 bits per heavy atom. The first kappa shape index (κ1) is 25.0. The highest BCUT2D eigenvalue weighted by atomic mass is 127. The first-order chi connectivity index (χ1) is 14.6. The fourth-order valence-electron chi connectivity index (χ4n) is 3.41. The maximum atomic E-state index is 13.4. The van der Waals surface area contributed by atoms with Crippen molar-refractivity contribution in [1.29, 1.82) is 0 Å². The summed E-state index contributed by atoms with van der Waals surface area (Å²) < 4.78 is 18.8. The number of benzene rings is 2. The first-order valence-electron chi connectivity index (χ1n) is 9.82. The lowest BCUT2D eigenvalue weighted by molar-refractivity contribution is -0.384. The number of nitro groups is 1. The van der Waals surface area contributed by atoms with Crippen LogP contribution in [0.5, 0.6) is 0 Å². The Labute approximate surface area is 198 Å². The van der Waals surface area contributed by atoms with Crippen LogP contribution < -0.4 is 10.6 Å². The van der Waals surface area contributed by atoms with Crippen molar-refractivity contribution < 1.29 is 14.1 Å². The zero-order chi connectivity index (χ0) is 21.3. The maximum absolute atomic E-state index is 13.4. The summed E-state index contributed by atoms with van der Waals surface area (Å²) in [4.78, 5) is 17.1. The molecule has 0 saturated carbocycles. The van der Waals surface area contributed by atoms with E-state index in [4.69, 9.17) is 4.74 Å². The van der Waals surface area contributed by atoms with Crippen LogP contribution in [-0.2, 0) is 11.3 Å². The molecule has 3 rings (SSSR count). The van der Waals surface area contributed by atoms with Gasteiger partial charge in [-0.3, -0.25) is 20.0 Å². The molecular formula is C21H27FIN5O3. The van der Waals surface area contributed by atoms with Gasteiger partial charge in [0.1, 0.15) is 5.82 Å². The third-order valence-corrected chi connectivity index (χ3v) is 5.01. The van der Waals surface area contributed by atoms with Gasteiger partial charge in [0.2, 0.25) is 0 Å². The molecule has 1 aliphatic rings. The Morgan fingerprint density at radius 1 is 1.23 bits per heavy atom. The van der Waals surface area contributed by atoms with E-state index < -0.39 is 4.92 Å². The molecule has 0 radical (unpaired) electrons. The molecule has 2 aromatic carbocycles. The lowest BCUT2D eigenvalue weighted by Crippen LogP contribution is -2.46. The molecule has 1 heterocycles. The van der Waals surface area contributed by atoms with Gasteiger partial charge in [-0.2, -0.15) is 0 Å². The number of non-ortho nitro benzene ring substituents is 1. The third kappa shape index (κ3) is 7.40. The summed E-state index contributed by atoms with van der Waals surface area (Å²) in [7, 11) is 1.67. The maximum Gasteiger partial charge on any atom is 0.269 e. The van der Waals surface area contributed by atoms with E-state index in [9.17, 15) is 14.5 Å². The van der Waals surface area contributed by atoms with Crippen molar-refractivity contribution in [3.8, 4) is 0 Å². The molecule has 1 aliphatic heterocycles. The van der Waals surface area contributed by atoms with Crippen LogP contribution >= 0.6 is 24.0 Å². The number of hydrogen-bond donors (Lipinski definition) is 2. The van der Waals surface area contributed by atoms with Crippen LogP contribution in [0.3, 0.4) is 0 Å². The topological polar surface area (TPSA) is 92.0 Å². The number of guanidine groups is 1. The summed E-state index contributed by atoms with van der Waals surface area (Å²) in [5.74, 6) is 0.323. The second-order valence-corrected chi connectivity index (χ2v) is 6.95. The largest absolute Gasteiger partial charge is 0.379 e. The van der Waals surface area contributed by atoms with Gasteiger partial charge < -0.3 is 15.4 Å². The van der Waals surface area contributed by atoms with Gasteiger partial charge in [-0.15, -0.1) is 24.0 Å². The highest BCUT2D eigenvalue weighted by Gasteiger charge is 2.23. The average Bonchev–Trinajstić information content (AvgIpc) is 2.78.